The van der Waals surface area contributed by atoms with E-state index in [1.165, 1.54) is 6.33 Å². The summed E-state index contributed by atoms with van der Waals surface area (Å²) in [6.45, 7) is 0.636. The number of aromatic nitrogens is 4. The summed E-state index contributed by atoms with van der Waals surface area (Å²) in [5.74, 6) is 0.576. The molecule has 8 heteroatoms. The maximum Gasteiger partial charge on any atom is 0.242 e. The first-order valence-corrected chi connectivity index (χ1v) is 7.36. The molecule has 0 radical (unpaired) electrons. The highest BCUT2D eigenvalue weighted by Gasteiger charge is 2.22. The quantitative estimate of drug-likeness (QED) is 0.791. The number of aromatic amines is 1. The second-order valence-corrected chi connectivity index (χ2v) is 5.50. The molecule has 1 amide bonds. The lowest BCUT2D eigenvalue weighted by Gasteiger charge is -2.05. The average molecular weight is 307 g/mol. The van der Waals surface area contributed by atoms with Crippen LogP contribution in [0.4, 0.5) is 0 Å². The van der Waals surface area contributed by atoms with Gasteiger partial charge >= 0.3 is 0 Å². The zero-order valence-electron chi connectivity index (χ0n) is 11.8. The number of aryl methyl sites for hydroxylation is 1. The van der Waals surface area contributed by atoms with E-state index in [0.717, 1.165) is 12.8 Å². The summed E-state index contributed by atoms with van der Waals surface area (Å²) in [5, 5.41) is 2.98. The maximum atomic E-state index is 11.7. The molecular weight excluding hydrogens is 290 g/mol. The number of carbonyl (C=O) groups is 1. The Hall–Kier alpha value is -1.96. The largest absolute Gasteiger partial charge is 0.479 e. The molecule has 112 valence electrons. The third kappa shape index (κ3) is 3.05. The van der Waals surface area contributed by atoms with Gasteiger partial charge in [-0.25, -0.2) is 4.98 Å². The SMILES string of the molecule is COc1ncnc2c1[nH]c(=S)n2CCCC(=O)NC1CC1. The van der Waals surface area contributed by atoms with Gasteiger partial charge in [0.2, 0.25) is 11.8 Å². The van der Waals surface area contributed by atoms with Gasteiger partial charge in [-0.05, 0) is 31.5 Å². The molecule has 0 aliphatic heterocycles. The van der Waals surface area contributed by atoms with Crippen molar-refractivity contribution in [1.29, 1.82) is 0 Å². The molecule has 0 unspecified atom stereocenters. The van der Waals surface area contributed by atoms with Crippen molar-refractivity contribution in [1.82, 2.24) is 24.8 Å². The molecule has 0 spiro atoms. The summed E-state index contributed by atoms with van der Waals surface area (Å²) in [5.41, 5.74) is 1.39. The fourth-order valence-electron chi connectivity index (χ4n) is 2.23. The predicted octanol–water partition coefficient (Wildman–Crippen LogP) is 1.56. The number of carbonyl (C=O) groups excluding carboxylic acids is 1. The van der Waals surface area contributed by atoms with E-state index >= 15 is 0 Å². The fraction of sp³-hybridized carbons (Fsp3) is 0.538. The number of hydrogen-bond acceptors (Lipinski definition) is 5. The number of amides is 1. The zero-order chi connectivity index (χ0) is 14.8. The smallest absolute Gasteiger partial charge is 0.242 e. The Bertz CT molecular complexity index is 719. The molecule has 0 aromatic carbocycles. The van der Waals surface area contributed by atoms with Crippen LogP contribution in [0.2, 0.25) is 0 Å². The van der Waals surface area contributed by atoms with Crippen molar-refractivity contribution < 1.29 is 9.53 Å². The number of methoxy groups -OCH3 is 1. The van der Waals surface area contributed by atoms with E-state index in [1.807, 2.05) is 4.57 Å². The summed E-state index contributed by atoms with van der Waals surface area (Å²) >= 11 is 5.30. The standard InChI is InChI=1S/C13H17N5O2S/c1-20-12-10-11(14-7-15-12)18(13(21)17-10)6-2-3-9(19)16-8-4-5-8/h7-8H,2-6H2,1H3,(H,16,19)(H,17,21). The number of nitrogens with zero attached hydrogens (tertiary/aromatic N) is 3. The number of hydrogen-bond donors (Lipinski definition) is 2. The van der Waals surface area contributed by atoms with Gasteiger partial charge in [0, 0.05) is 19.0 Å². The van der Waals surface area contributed by atoms with E-state index in [1.54, 1.807) is 7.11 Å². The minimum absolute atomic E-state index is 0.107. The van der Waals surface area contributed by atoms with Crippen LogP contribution in [-0.4, -0.2) is 38.6 Å². The van der Waals surface area contributed by atoms with Crippen LogP contribution in [0, 0.1) is 4.77 Å². The van der Waals surface area contributed by atoms with Gasteiger partial charge in [-0.15, -0.1) is 0 Å². The normalized spacial score (nSPS) is 14.3. The van der Waals surface area contributed by atoms with Crippen molar-refractivity contribution in [3.8, 4) is 5.88 Å². The summed E-state index contributed by atoms with van der Waals surface area (Å²) < 4.78 is 7.62. The van der Waals surface area contributed by atoms with Crippen molar-refractivity contribution >= 4 is 29.3 Å². The average Bonchev–Trinajstić information content (AvgIpc) is 3.22. The molecule has 3 rings (SSSR count). The van der Waals surface area contributed by atoms with E-state index in [0.29, 0.717) is 47.2 Å². The monoisotopic (exact) mass is 307 g/mol. The summed E-state index contributed by atoms with van der Waals surface area (Å²) in [4.78, 5) is 23.0. The number of nitrogens with one attached hydrogen (secondary N) is 2. The summed E-state index contributed by atoms with van der Waals surface area (Å²) in [6.07, 6.45) is 4.87. The molecule has 2 heterocycles. The lowest BCUT2D eigenvalue weighted by molar-refractivity contribution is -0.121. The van der Waals surface area contributed by atoms with E-state index in [-0.39, 0.29) is 5.91 Å². The van der Waals surface area contributed by atoms with Crippen LogP contribution in [0.3, 0.4) is 0 Å². The molecule has 1 aliphatic rings. The molecule has 0 atom stereocenters. The Morgan fingerprint density at radius 2 is 2.38 bits per heavy atom. The van der Waals surface area contributed by atoms with Gasteiger partial charge in [0.15, 0.2) is 10.4 Å². The Labute approximate surface area is 126 Å². The molecule has 21 heavy (non-hydrogen) atoms. The van der Waals surface area contributed by atoms with Gasteiger partial charge in [-0.2, -0.15) is 4.98 Å². The molecular formula is C13H17N5O2S. The van der Waals surface area contributed by atoms with Gasteiger partial charge in [0.25, 0.3) is 0 Å². The molecule has 2 aromatic rings. The number of rotatable bonds is 6. The van der Waals surface area contributed by atoms with Crippen LogP contribution < -0.4 is 10.1 Å². The van der Waals surface area contributed by atoms with Crippen LogP contribution in [0.15, 0.2) is 6.33 Å². The van der Waals surface area contributed by atoms with Crippen molar-refractivity contribution in [2.75, 3.05) is 7.11 Å². The molecule has 0 bridgehead atoms. The number of ether oxygens (including phenoxy) is 1. The third-order valence-corrected chi connectivity index (χ3v) is 3.77. The first kappa shape index (κ1) is 14.0. The van der Waals surface area contributed by atoms with Crippen LogP contribution in [0.25, 0.3) is 11.2 Å². The van der Waals surface area contributed by atoms with E-state index < -0.39 is 0 Å². The topological polar surface area (TPSA) is 84.8 Å². The molecule has 2 N–H and O–H groups in total. The van der Waals surface area contributed by atoms with Crippen molar-refractivity contribution in [2.24, 2.45) is 0 Å². The molecule has 7 nitrogen and oxygen atoms in total. The maximum absolute atomic E-state index is 11.7. The Kier molecular flexibility index (Phi) is 3.87. The Balaban J connectivity index is 1.70. The highest BCUT2D eigenvalue weighted by Crippen LogP contribution is 2.21. The first-order valence-electron chi connectivity index (χ1n) is 6.96. The lowest BCUT2D eigenvalue weighted by atomic mass is 10.3. The number of imidazole rings is 1. The van der Waals surface area contributed by atoms with Gasteiger partial charge in [0.05, 0.1) is 7.11 Å². The van der Waals surface area contributed by atoms with E-state index in [2.05, 4.69) is 20.3 Å². The van der Waals surface area contributed by atoms with Gasteiger partial charge in [-0.3, -0.25) is 4.79 Å². The molecule has 1 fully saturated rings. The highest BCUT2D eigenvalue weighted by atomic mass is 32.1. The minimum Gasteiger partial charge on any atom is -0.479 e. The van der Waals surface area contributed by atoms with Crippen molar-refractivity contribution in [3.63, 3.8) is 0 Å². The van der Waals surface area contributed by atoms with E-state index in [9.17, 15) is 4.79 Å². The van der Waals surface area contributed by atoms with Gasteiger partial charge in [0.1, 0.15) is 11.8 Å². The summed E-state index contributed by atoms with van der Waals surface area (Å²) in [6, 6.07) is 0.407. The van der Waals surface area contributed by atoms with Gasteiger partial charge in [-0.1, -0.05) is 0 Å². The summed E-state index contributed by atoms with van der Waals surface area (Å²) in [7, 11) is 1.55. The molecule has 1 saturated carbocycles. The van der Waals surface area contributed by atoms with Crippen LogP contribution in [-0.2, 0) is 11.3 Å². The van der Waals surface area contributed by atoms with Crippen molar-refractivity contribution in [2.45, 2.75) is 38.3 Å². The van der Waals surface area contributed by atoms with Crippen LogP contribution >= 0.6 is 12.2 Å². The molecule has 1 aliphatic carbocycles. The number of fused-ring (bicyclic) bond motifs is 1. The molecule has 0 saturated heterocycles. The second kappa shape index (κ2) is 5.80. The second-order valence-electron chi connectivity index (χ2n) is 5.11. The van der Waals surface area contributed by atoms with Crippen LogP contribution in [0.1, 0.15) is 25.7 Å². The zero-order valence-corrected chi connectivity index (χ0v) is 12.6. The van der Waals surface area contributed by atoms with Crippen molar-refractivity contribution in [3.05, 3.63) is 11.1 Å². The Morgan fingerprint density at radius 1 is 1.57 bits per heavy atom. The predicted molar refractivity (Wildman–Crippen MR) is 79.7 cm³/mol. The van der Waals surface area contributed by atoms with E-state index in [4.69, 9.17) is 17.0 Å². The third-order valence-electron chi connectivity index (χ3n) is 3.45. The highest BCUT2D eigenvalue weighted by molar-refractivity contribution is 7.71. The van der Waals surface area contributed by atoms with Crippen LogP contribution in [0.5, 0.6) is 5.88 Å². The number of H-pyrrole nitrogens is 1. The van der Waals surface area contributed by atoms with Gasteiger partial charge < -0.3 is 19.6 Å². The lowest BCUT2D eigenvalue weighted by Crippen LogP contribution is -2.25. The molecule has 2 aromatic heterocycles. The first-order chi connectivity index (χ1) is 10.2. The Morgan fingerprint density at radius 3 is 3.10 bits per heavy atom. The fourth-order valence-corrected chi connectivity index (χ4v) is 2.51. The minimum atomic E-state index is 0.107.